The molecular formula is C16H13NO3. The Morgan fingerprint density at radius 1 is 1.00 bits per heavy atom. The number of benzene rings is 2. The monoisotopic (exact) mass is 267 g/mol. The molecule has 1 N–H and O–H groups in total. The van der Waals surface area contributed by atoms with Gasteiger partial charge in [0.05, 0.1) is 0 Å². The number of hydrogen-bond acceptors (Lipinski definition) is 3. The van der Waals surface area contributed by atoms with Crippen LogP contribution < -0.4 is 0 Å². The molecule has 100 valence electrons. The van der Waals surface area contributed by atoms with Crippen LogP contribution >= 0.6 is 0 Å². The van der Waals surface area contributed by atoms with Crippen molar-refractivity contribution in [2.75, 3.05) is 0 Å². The van der Waals surface area contributed by atoms with Crippen molar-refractivity contribution < 1.29 is 14.6 Å². The van der Waals surface area contributed by atoms with Crippen molar-refractivity contribution in [3.8, 4) is 0 Å². The largest absolute Gasteiger partial charge is 0.478 e. The van der Waals surface area contributed by atoms with Crippen LogP contribution in [0.4, 0.5) is 0 Å². The minimum absolute atomic E-state index is 0.381. The Morgan fingerprint density at radius 2 is 1.60 bits per heavy atom. The van der Waals surface area contributed by atoms with Crippen molar-refractivity contribution in [3.63, 3.8) is 0 Å². The highest BCUT2D eigenvalue weighted by Crippen LogP contribution is 2.31. The Kier molecular flexibility index (Phi) is 3.21. The second-order valence-electron chi connectivity index (χ2n) is 4.53. The smallest absolute Gasteiger partial charge is 0.347 e. The predicted molar refractivity (Wildman–Crippen MR) is 74.7 cm³/mol. The third-order valence-electron chi connectivity index (χ3n) is 3.19. The van der Waals surface area contributed by atoms with Gasteiger partial charge in [-0.25, -0.2) is 9.79 Å². The summed E-state index contributed by atoms with van der Waals surface area (Å²) in [6, 6.07) is 18.2. The van der Waals surface area contributed by atoms with Gasteiger partial charge in [-0.3, -0.25) is 0 Å². The zero-order valence-corrected chi connectivity index (χ0v) is 10.6. The van der Waals surface area contributed by atoms with E-state index in [9.17, 15) is 9.90 Å². The topological polar surface area (TPSA) is 58.9 Å². The molecule has 1 aliphatic heterocycles. The Bertz CT molecular complexity index is 637. The molecule has 0 radical (unpaired) electrons. The summed E-state index contributed by atoms with van der Waals surface area (Å²) in [5, 5.41) is 9.31. The van der Waals surface area contributed by atoms with E-state index in [1.54, 1.807) is 0 Å². The molecule has 2 aromatic carbocycles. The van der Waals surface area contributed by atoms with Crippen LogP contribution in [0.15, 0.2) is 65.7 Å². The number of aliphatic imine (C=N–C) groups is 1. The van der Waals surface area contributed by atoms with Crippen molar-refractivity contribution in [1.29, 1.82) is 0 Å². The first-order valence-corrected chi connectivity index (χ1v) is 6.33. The maximum Gasteiger partial charge on any atom is 0.347 e. The third kappa shape index (κ3) is 2.28. The van der Waals surface area contributed by atoms with Crippen LogP contribution in [0.25, 0.3) is 0 Å². The SMILES string of the molecule is O=C(O)[C@@H]1OC(c2ccccc2)=N[C@H]1c1ccccc1. The molecular weight excluding hydrogens is 254 g/mol. The fourth-order valence-electron chi connectivity index (χ4n) is 2.22. The second kappa shape index (κ2) is 5.17. The van der Waals surface area contributed by atoms with E-state index in [1.165, 1.54) is 0 Å². The fraction of sp³-hybridized carbons (Fsp3) is 0.125. The van der Waals surface area contributed by atoms with Gasteiger partial charge in [0.2, 0.25) is 12.0 Å². The van der Waals surface area contributed by atoms with E-state index in [0.29, 0.717) is 5.90 Å². The summed E-state index contributed by atoms with van der Waals surface area (Å²) in [6.45, 7) is 0. The van der Waals surface area contributed by atoms with Gasteiger partial charge < -0.3 is 9.84 Å². The molecule has 1 aliphatic rings. The molecule has 4 heteroatoms. The minimum Gasteiger partial charge on any atom is -0.478 e. The van der Waals surface area contributed by atoms with E-state index in [-0.39, 0.29) is 0 Å². The fourth-order valence-corrected chi connectivity index (χ4v) is 2.22. The van der Waals surface area contributed by atoms with Crippen molar-refractivity contribution >= 4 is 11.9 Å². The average Bonchev–Trinajstić information content (AvgIpc) is 2.94. The summed E-state index contributed by atoms with van der Waals surface area (Å²) in [5.41, 5.74) is 1.63. The van der Waals surface area contributed by atoms with Crippen LogP contribution in [0.5, 0.6) is 0 Å². The summed E-state index contributed by atoms with van der Waals surface area (Å²) < 4.78 is 5.53. The van der Waals surface area contributed by atoms with Crippen molar-refractivity contribution in [3.05, 3.63) is 71.8 Å². The molecule has 4 nitrogen and oxygen atoms in total. The van der Waals surface area contributed by atoms with Gasteiger partial charge >= 0.3 is 5.97 Å². The number of rotatable bonds is 3. The van der Waals surface area contributed by atoms with Crippen LogP contribution in [-0.4, -0.2) is 23.1 Å². The lowest BCUT2D eigenvalue weighted by Gasteiger charge is -2.13. The molecule has 2 atom stereocenters. The normalized spacial score (nSPS) is 21.1. The van der Waals surface area contributed by atoms with E-state index in [2.05, 4.69) is 4.99 Å². The van der Waals surface area contributed by atoms with Crippen molar-refractivity contribution in [2.24, 2.45) is 4.99 Å². The number of ether oxygens (including phenoxy) is 1. The zero-order valence-electron chi connectivity index (χ0n) is 10.6. The Labute approximate surface area is 116 Å². The second-order valence-corrected chi connectivity index (χ2v) is 4.53. The van der Waals surface area contributed by atoms with E-state index in [4.69, 9.17) is 4.74 Å². The minimum atomic E-state index is -1.01. The van der Waals surface area contributed by atoms with Crippen LogP contribution in [0.1, 0.15) is 17.2 Å². The summed E-state index contributed by atoms with van der Waals surface area (Å²) in [5.74, 6) is -0.625. The maximum absolute atomic E-state index is 11.4. The molecule has 0 spiro atoms. The highest BCUT2D eigenvalue weighted by Gasteiger charge is 2.38. The lowest BCUT2D eigenvalue weighted by molar-refractivity contribution is -0.145. The summed E-state index contributed by atoms with van der Waals surface area (Å²) in [7, 11) is 0. The lowest BCUT2D eigenvalue weighted by Crippen LogP contribution is -2.26. The number of carboxylic acids is 1. The Morgan fingerprint density at radius 3 is 2.20 bits per heavy atom. The number of carboxylic acid groups (broad SMARTS) is 1. The molecule has 20 heavy (non-hydrogen) atoms. The number of aliphatic carboxylic acids is 1. The van der Waals surface area contributed by atoms with Gasteiger partial charge in [-0.15, -0.1) is 0 Å². The molecule has 3 rings (SSSR count). The molecule has 1 heterocycles. The number of carbonyl (C=O) groups is 1. The van der Waals surface area contributed by atoms with Crippen LogP contribution in [-0.2, 0) is 9.53 Å². The van der Waals surface area contributed by atoms with Crippen LogP contribution in [0.3, 0.4) is 0 Å². The molecule has 0 aliphatic carbocycles. The summed E-state index contributed by atoms with van der Waals surface area (Å²) >= 11 is 0. The predicted octanol–water partition coefficient (Wildman–Crippen LogP) is 2.66. The summed E-state index contributed by atoms with van der Waals surface area (Å²) in [6.07, 6.45) is -0.979. The highest BCUT2D eigenvalue weighted by molar-refractivity contribution is 5.97. The van der Waals surface area contributed by atoms with Gasteiger partial charge in [0.1, 0.15) is 6.04 Å². The van der Waals surface area contributed by atoms with Gasteiger partial charge in [-0.2, -0.15) is 0 Å². The summed E-state index contributed by atoms with van der Waals surface area (Å²) in [4.78, 5) is 15.8. The first-order valence-electron chi connectivity index (χ1n) is 6.33. The molecule has 0 fully saturated rings. The quantitative estimate of drug-likeness (QED) is 0.930. The van der Waals surface area contributed by atoms with Gasteiger partial charge in [0.15, 0.2) is 0 Å². The van der Waals surface area contributed by atoms with Gasteiger partial charge in [-0.1, -0.05) is 48.5 Å². The van der Waals surface area contributed by atoms with Crippen molar-refractivity contribution in [2.45, 2.75) is 12.1 Å². The van der Waals surface area contributed by atoms with E-state index in [0.717, 1.165) is 11.1 Å². The van der Waals surface area contributed by atoms with E-state index >= 15 is 0 Å². The lowest BCUT2D eigenvalue weighted by atomic mass is 10.0. The van der Waals surface area contributed by atoms with Crippen molar-refractivity contribution in [1.82, 2.24) is 0 Å². The van der Waals surface area contributed by atoms with Crippen LogP contribution in [0, 0.1) is 0 Å². The molecule has 0 saturated heterocycles. The van der Waals surface area contributed by atoms with Crippen LogP contribution in [0.2, 0.25) is 0 Å². The highest BCUT2D eigenvalue weighted by atomic mass is 16.5. The molecule has 0 unspecified atom stereocenters. The first kappa shape index (κ1) is 12.4. The van der Waals surface area contributed by atoms with Gasteiger partial charge in [0.25, 0.3) is 0 Å². The maximum atomic E-state index is 11.4. The van der Waals surface area contributed by atoms with Gasteiger partial charge in [-0.05, 0) is 17.7 Å². The number of hydrogen-bond donors (Lipinski definition) is 1. The molecule has 2 aromatic rings. The Balaban J connectivity index is 1.98. The van der Waals surface area contributed by atoms with Gasteiger partial charge in [0, 0.05) is 5.56 Å². The number of nitrogens with zero attached hydrogens (tertiary/aromatic N) is 1. The third-order valence-corrected chi connectivity index (χ3v) is 3.19. The molecule has 0 aromatic heterocycles. The molecule has 0 bridgehead atoms. The zero-order chi connectivity index (χ0) is 13.9. The Hall–Kier alpha value is -2.62. The standard InChI is InChI=1S/C16H13NO3/c18-16(19)14-13(11-7-3-1-4-8-11)17-15(20-14)12-9-5-2-6-10-12/h1-10,13-14H,(H,18,19)/t13-,14+/m0/s1. The molecule has 0 saturated carbocycles. The van der Waals surface area contributed by atoms with E-state index < -0.39 is 18.1 Å². The molecule has 0 amide bonds. The average molecular weight is 267 g/mol. The first-order chi connectivity index (χ1) is 9.75. The van der Waals surface area contributed by atoms with E-state index in [1.807, 2.05) is 60.7 Å².